The zero-order valence-corrected chi connectivity index (χ0v) is 32.3. The molecule has 11 heteroatoms. The van der Waals surface area contributed by atoms with E-state index in [1.807, 2.05) is 152 Å². The molecule has 2 fully saturated rings. The lowest BCUT2D eigenvalue weighted by molar-refractivity contribution is -0.371. The predicted molar refractivity (Wildman–Crippen MR) is 214 cm³/mol. The summed E-state index contributed by atoms with van der Waals surface area (Å²) in [5.74, 6) is 0. The minimum absolute atomic E-state index is 0.00940. The fourth-order valence-electron chi connectivity index (χ4n) is 7.17. The number of aliphatic hydroxyl groups is 3. The summed E-state index contributed by atoms with van der Waals surface area (Å²) in [6.07, 6.45) is -10.8. The van der Waals surface area contributed by atoms with E-state index in [4.69, 9.17) is 37.9 Å². The van der Waals surface area contributed by atoms with Gasteiger partial charge in [0.1, 0.15) is 48.8 Å². The van der Waals surface area contributed by atoms with E-state index in [9.17, 15) is 15.3 Å². The molecule has 0 radical (unpaired) electrons. The molecule has 11 nitrogen and oxygen atoms in total. The topological polar surface area (TPSA) is 135 Å². The second kappa shape index (κ2) is 21.6. The highest BCUT2D eigenvalue weighted by molar-refractivity contribution is 5.17. The minimum atomic E-state index is -1.42. The normalized spacial score (nSPS) is 27.3. The molecule has 58 heavy (non-hydrogen) atoms. The molecule has 5 aromatic carbocycles. The molecular formula is C47H52O11. The molecule has 0 saturated carbocycles. The molecule has 10 atom stereocenters. The van der Waals surface area contributed by atoms with Gasteiger partial charge in [0, 0.05) is 0 Å². The van der Waals surface area contributed by atoms with Gasteiger partial charge in [0.2, 0.25) is 0 Å². The van der Waals surface area contributed by atoms with Gasteiger partial charge in [0.15, 0.2) is 12.6 Å². The van der Waals surface area contributed by atoms with Crippen LogP contribution in [0.3, 0.4) is 0 Å². The first-order chi connectivity index (χ1) is 28.6. The number of hydrogen-bond donors (Lipinski definition) is 3. The van der Waals surface area contributed by atoms with Crippen molar-refractivity contribution in [3.63, 3.8) is 0 Å². The minimum Gasteiger partial charge on any atom is -0.394 e. The van der Waals surface area contributed by atoms with Crippen LogP contribution in [-0.2, 0) is 70.9 Å². The summed E-state index contributed by atoms with van der Waals surface area (Å²) in [5.41, 5.74) is 4.53. The summed E-state index contributed by atoms with van der Waals surface area (Å²) in [6.45, 7) is 0.413. The van der Waals surface area contributed by atoms with Crippen LogP contribution in [0, 0.1) is 0 Å². The molecule has 0 amide bonds. The molecule has 7 rings (SSSR count). The Bertz CT molecular complexity index is 1870. The van der Waals surface area contributed by atoms with Gasteiger partial charge in [-0.1, -0.05) is 152 Å². The Kier molecular flexibility index (Phi) is 15.6. The SMILES string of the molecule is OC[C@H]1O[C@@H](O[C@H]2[C@H](OCc3ccccc3)[C@@H](OCc3ccccc3)[C@H](O)O[C@@H]2COCc2ccccc2)[C@H](OCc2ccccc2)[C@@H](OCc2ccccc2)[C@@H]1O. The molecule has 0 bridgehead atoms. The molecule has 5 aromatic rings. The Balaban J connectivity index is 1.22. The van der Waals surface area contributed by atoms with Crippen molar-refractivity contribution >= 4 is 0 Å². The monoisotopic (exact) mass is 792 g/mol. The van der Waals surface area contributed by atoms with Gasteiger partial charge >= 0.3 is 0 Å². The van der Waals surface area contributed by atoms with Gasteiger partial charge in [-0.05, 0) is 27.8 Å². The molecule has 2 aliphatic heterocycles. The van der Waals surface area contributed by atoms with E-state index >= 15 is 0 Å². The van der Waals surface area contributed by atoms with Gasteiger partial charge in [0.25, 0.3) is 0 Å². The zero-order chi connectivity index (χ0) is 39.9. The van der Waals surface area contributed by atoms with Crippen molar-refractivity contribution in [3.05, 3.63) is 179 Å². The van der Waals surface area contributed by atoms with E-state index in [0.717, 1.165) is 27.8 Å². The maximum Gasteiger partial charge on any atom is 0.187 e. The first-order valence-electron chi connectivity index (χ1n) is 19.7. The lowest BCUT2D eigenvalue weighted by Crippen LogP contribution is -2.66. The van der Waals surface area contributed by atoms with Crippen LogP contribution >= 0.6 is 0 Å². The van der Waals surface area contributed by atoms with E-state index in [1.54, 1.807) is 0 Å². The van der Waals surface area contributed by atoms with E-state index in [0.29, 0.717) is 0 Å². The summed E-state index contributed by atoms with van der Waals surface area (Å²) in [6, 6.07) is 48.3. The van der Waals surface area contributed by atoms with Crippen LogP contribution in [0.5, 0.6) is 0 Å². The Labute approximate surface area is 339 Å². The highest BCUT2D eigenvalue weighted by atomic mass is 16.7. The summed E-state index contributed by atoms with van der Waals surface area (Å²) >= 11 is 0. The third-order valence-electron chi connectivity index (χ3n) is 10.2. The molecule has 2 aliphatic rings. The molecule has 0 spiro atoms. The van der Waals surface area contributed by atoms with Crippen molar-refractivity contribution < 1.29 is 53.2 Å². The average molecular weight is 793 g/mol. The van der Waals surface area contributed by atoms with Gasteiger partial charge in [-0.15, -0.1) is 0 Å². The molecular weight excluding hydrogens is 741 g/mol. The molecule has 306 valence electrons. The van der Waals surface area contributed by atoms with Gasteiger partial charge in [-0.2, -0.15) is 0 Å². The molecule has 2 saturated heterocycles. The molecule has 3 N–H and O–H groups in total. The summed E-state index contributed by atoms with van der Waals surface area (Å²) in [4.78, 5) is 0. The van der Waals surface area contributed by atoms with Crippen LogP contribution in [-0.4, -0.2) is 89.9 Å². The third-order valence-corrected chi connectivity index (χ3v) is 10.2. The Morgan fingerprint density at radius 3 is 1.26 bits per heavy atom. The number of ether oxygens (including phenoxy) is 8. The highest BCUT2D eigenvalue weighted by Gasteiger charge is 2.53. The second-order valence-corrected chi connectivity index (χ2v) is 14.4. The van der Waals surface area contributed by atoms with Crippen molar-refractivity contribution in [1.29, 1.82) is 0 Å². The number of aliphatic hydroxyl groups excluding tert-OH is 3. The van der Waals surface area contributed by atoms with E-state index < -0.39 is 68.0 Å². The highest BCUT2D eigenvalue weighted by Crippen LogP contribution is 2.35. The molecule has 0 aromatic heterocycles. The first kappa shape index (κ1) is 41.8. The van der Waals surface area contributed by atoms with Crippen LogP contribution in [0.15, 0.2) is 152 Å². The van der Waals surface area contributed by atoms with Crippen LogP contribution in [0.25, 0.3) is 0 Å². The molecule has 0 unspecified atom stereocenters. The fraction of sp³-hybridized carbons (Fsp3) is 0.362. The van der Waals surface area contributed by atoms with Crippen molar-refractivity contribution in [1.82, 2.24) is 0 Å². The maximum atomic E-state index is 11.6. The van der Waals surface area contributed by atoms with Crippen molar-refractivity contribution in [3.8, 4) is 0 Å². The Morgan fingerprint density at radius 2 is 0.810 bits per heavy atom. The van der Waals surface area contributed by atoms with E-state index in [2.05, 4.69) is 0 Å². The fourth-order valence-corrected chi connectivity index (χ4v) is 7.17. The Hall–Kier alpha value is -4.34. The van der Waals surface area contributed by atoms with Crippen molar-refractivity contribution in [2.45, 2.75) is 94.4 Å². The van der Waals surface area contributed by atoms with Crippen LogP contribution in [0.2, 0.25) is 0 Å². The van der Waals surface area contributed by atoms with Crippen LogP contribution in [0.1, 0.15) is 27.8 Å². The first-order valence-corrected chi connectivity index (χ1v) is 19.7. The average Bonchev–Trinajstić information content (AvgIpc) is 3.27. The smallest absolute Gasteiger partial charge is 0.187 e. The zero-order valence-electron chi connectivity index (χ0n) is 32.3. The van der Waals surface area contributed by atoms with Gasteiger partial charge < -0.3 is 53.2 Å². The number of hydrogen-bond acceptors (Lipinski definition) is 11. The van der Waals surface area contributed by atoms with E-state index in [1.165, 1.54) is 0 Å². The molecule has 0 aliphatic carbocycles. The molecule has 2 heterocycles. The van der Waals surface area contributed by atoms with Gasteiger partial charge in [0.05, 0.1) is 46.2 Å². The van der Waals surface area contributed by atoms with Crippen LogP contribution < -0.4 is 0 Å². The van der Waals surface area contributed by atoms with Crippen molar-refractivity contribution in [2.75, 3.05) is 13.2 Å². The van der Waals surface area contributed by atoms with Gasteiger partial charge in [-0.3, -0.25) is 0 Å². The second-order valence-electron chi connectivity index (χ2n) is 14.4. The summed E-state index contributed by atoms with van der Waals surface area (Å²) < 4.78 is 52.0. The number of rotatable bonds is 19. The Morgan fingerprint density at radius 1 is 0.414 bits per heavy atom. The summed E-state index contributed by atoms with van der Waals surface area (Å²) in [7, 11) is 0. The quantitative estimate of drug-likeness (QED) is 0.0948. The van der Waals surface area contributed by atoms with E-state index in [-0.39, 0.29) is 39.6 Å². The van der Waals surface area contributed by atoms with Gasteiger partial charge in [-0.25, -0.2) is 0 Å². The predicted octanol–water partition coefficient (Wildman–Crippen LogP) is 5.73. The lowest BCUT2D eigenvalue weighted by Gasteiger charge is -2.49. The maximum absolute atomic E-state index is 11.6. The van der Waals surface area contributed by atoms with Crippen molar-refractivity contribution in [2.24, 2.45) is 0 Å². The summed E-state index contributed by atoms with van der Waals surface area (Å²) in [5, 5.41) is 33.8. The largest absolute Gasteiger partial charge is 0.394 e. The number of benzene rings is 5. The third kappa shape index (κ3) is 11.4. The lowest BCUT2D eigenvalue weighted by atomic mass is 9.96. The standard InChI is InChI=1S/C47H52O11/c48-26-38-40(49)42(52-28-34-18-8-2-9-19-34)45(55-31-37-24-14-5-15-25-37)47(57-38)58-41-39(32-51-27-33-16-6-1-7-17-33)56-46(50)44(54-30-36-22-12-4-13-23-36)43(41)53-29-35-20-10-3-11-21-35/h1-25,38-50H,26-32H2/t38-,39-,40-,41-,42+,43+,44-,45-,46-,47+/m1/s1. The van der Waals surface area contributed by atoms with Crippen LogP contribution in [0.4, 0.5) is 0 Å².